The average molecular weight is 327 g/mol. The van der Waals surface area contributed by atoms with Gasteiger partial charge < -0.3 is 15.1 Å². The Morgan fingerprint density at radius 1 is 1.23 bits per heavy atom. The van der Waals surface area contributed by atoms with E-state index >= 15 is 0 Å². The number of piperidine rings is 3. The molecular weight excluding hydrogens is 306 g/mol. The molecule has 8 heteroatoms. The van der Waals surface area contributed by atoms with E-state index in [0.29, 0.717) is 11.8 Å². The molecule has 2 bridgehead atoms. The fourth-order valence-electron chi connectivity index (χ4n) is 2.88. The normalized spacial score (nSPS) is 26.4. The molecule has 3 saturated heterocycles. The van der Waals surface area contributed by atoms with Crippen LogP contribution in [0.2, 0.25) is 0 Å². The molecule has 0 spiro atoms. The zero-order valence-electron chi connectivity index (χ0n) is 12.7. The summed E-state index contributed by atoms with van der Waals surface area (Å²) < 4.78 is 4.49. The molecule has 4 rings (SSSR count). The molecule has 0 aliphatic carbocycles. The van der Waals surface area contributed by atoms with E-state index in [-0.39, 0.29) is 0 Å². The third kappa shape index (κ3) is 4.01. The van der Waals surface area contributed by atoms with Crippen molar-refractivity contribution >= 4 is 23.5 Å². The van der Waals surface area contributed by atoms with Crippen molar-refractivity contribution in [1.29, 1.82) is 0 Å². The summed E-state index contributed by atoms with van der Waals surface area (Å²) in [6.07, 6.45) is 2.72. The minimum Gasteiger partial charge on any atom is -0.473 e. The van der Waals surface area contributed by atoms with Gasteiger partial charge in [-0.15, -0.1) is 0 Å². The quantitative estimate of drug-likeness (QED) is 0.796. The molecule has 2 N–H and O–H groups in total. The highest BCUT2D eigenvalue weighted by molar-refractivity contribution is 7.05. The summed E-state index contributed by atoms with van der Waals surface area (Å²) in [4.78, 5) is 25.5. The Balaban J connectivity index is 0.000000254. The Bertz CT molecular complexity index is 526. The van der Waals surface area contributed by atoms with Gasteiger partial charge in [0.1, 0.15) is 10.8 Å². The summed E-state index contributed by atoms with van der Waals surface area (Å²) in [5.41, 5.74) is 0. The number of nitrogens with zero attached hydrogens (tertiary/aromatic N) is 3. The van der Waals surface area contributed by atoms with Gasteiger partial charge in [-0.3, -0.25) is 0 Å². The lowest BCUT2D eigenvalue weighted by Crippen LogP contribution is -2.46. The number of carboxylic acids is 2. The van der Waals surface area contributed by atoms with Crippen LogP contribution in [0.4, 0.5) is 0 Å². The van der Waals surface area contributed by atoms with Gasteiger partial charge >= 0.3 is 11.9 Å². The van der Waals surface area contributed by atoms with E-state index < -0.39 is 11.9 Å². The van der Waals surface area contributed by atoms with Crippen LogP contribution in [0.25, 0.3) is 0 Å². The van der Waals surface area contributed by atoms with Crippen molar-refractivity contribution in [2.75, 3.05) is 19.6 Å². The van der Waals surface area contributed by atoms with Gasteiger partial charge in [-0.1, -0.05) is 13.8 Å². The van der Waals surface area contributed by atoms with Crippen LogP contribution in [0.1, 0.15) is 49.4 Å². The highest BCUT2D eigenvalue weighted by Gasteiger charge is 2.36. The Hall–Kier alpha value is -1.54. The molecule has 0 saturated carbocycles. The maximum atomic E-state index is 9.10. The van der Waals surface area contributed by atoms with E-state index in [9.17, 15) is 0 Å². The fourth-order valence-corrected chi connectivity index (χ4v) is 3.85. The smallest absolute Gasteiger partial charge is 0.414 e. The van der Waals surface area contributed by atoms with E-state index in [2.05, 4.69) is 23.1 Å². The van der Waals surface area contributed by atoms with Crippen LogP contribution in [-0.4, -0.2) is 56.0 Å². The highest BCUT2D eigenvalue weighted by Crippen LogP contribution is 2.39. The summed E-state index contributed by atoms with van der Waals surface area (Å²) in [5.74, 6) is -0.599. The molecule has 3 aliphatic heterocycles. The van der Waals surface area contributed by atoms with Gasteiger partial charge in [-0.05, 0) is 43.4 Å². The van der Waals surface area contributed by atoms with E-state index in [1.807, 2.05) is 0 Å². The van der Waals surface area contributed by atoms with Gasteiger partial charge in [-0.2, -0.15) is 4.37 Å². The molecule has 1 aromatic heterocycles. The Morgan fingerprint density at radius 3 is 2.18 bits per heavy atom. The number of aliphatic carboxylic acids is 2. The number of hydrogen-bond acceptors (Lipinski definition) is 6. The van der Waals surface area contributed by atoms with Crippen molar-refractivity contribution < 1.29 is 19.8 Å². The van der Waals surface area contributed by atoms with Crippen LogP contribution in [0.15, 0.2) is 0 Å². The zero-order chi connectivity index (χ0) is 16.3. The Morgan fingerprint density at radius 2 is 1.82 bits per heavy atom. The third-order valence-corrected chi connectivity index (χ3v) is 4.99. The molecule has 0 radical (unpaired) electrons. The SMILES string of the molecule is CC(C)c1nsc(C2CN3CCC2CC3)n1.O=C(O)C(=O)O. The molecule has 0 aromatic carbocycles. The van der Waals surface area contributed by atoms with Crippen molar-refractivity contribution in [2.24, 2.45) is 5.92 Å². The molecule has 3 fully saturated rings. The summed E-state index contributed by atoms with van der Waals surface area (Å²) in [7, 11) is 0. The first-order valence-corrected chi connectivity index (χ1v) is 8.18. The maximum absolute atomic E-state index is 9.10. The second-order valence-corrected chi connectivity index (χ2v) is 6.78. The van der Waals surface area contributed by atoms with Crippen molar-refractivity contribution in [3.8, 4) is 0 Å². The van der Waals surface area contributed by atoms with E-state index in [1.54, 1.807) is 11.5 Å². The molecule has 1 atom stereocenters. The summed E-state index contributed by atoms with van der Waals surface area (Å²) in [5, 5.41) is 16.1. The molecule has 1 aromatic rings. The highest BCUT2D eigenvalue weighted by atomic mass is 32.1. The van der Waals surface area contributed by atoms with Crippen LogP contribution >= 0.6 is 11.5 Å². The number of fused-ring (bicyclic) bond motifs is 3. The number of aromatic nitrogens is 2. The first-order chi connectivity index (χ1) is 10.4. The molecule has 4 heterocycles. The first-order valence-electron chi connectivity index (χ1n) is 7.40. The molecule has 0 amide bonds. The predicted octanol–water partition coefficient (Wildman–Crippen LogP) is 1.63. The van der Waals surface area contributed by atoms with Crippen LogP contribution in [0, 0.1) is 5.92 Å². The summed E-state index contributed by atoms with van der Waals surface area (Å²) >= 11 is 1.64. The predicted molar refractivity (Wildman–Crippen MR) is 81.2 cm³/mol. The number of carbonyl (C=O) groups is 2. The third-order valence-electron chi connectivity index (χ3n) is 4.13. The summed E-state index contributed by atoms with van der Waals surface area (Å²) in [6.45, 7) is 8.16. The maximum Gasteiger partial charge on any atom is 0.414 e. The Kier molecular flexibility index (Phi) is 5.47. The second-order valence-electron chi connectivity index (χ2n) is 6.00. The molecule has 3 aliphatic rings. The van der Waals surface area contributed by atoms with E-state index in [1.165, 1.54) is 37.5 Å². The summed E-state index contributed by atoms with van der Waals surface area (Å²) in [6, 6.07) is 0. The second kappa shape index (κ2) is 7.15. The minimum absolute atomic E-state index is 0.464. The van der Waals surface area contributed by atoms with Crippen LogP contribution in [0.3, 0.4) is 0 Å². The molecule has 122 valence electrons. The van der Waals surface area contributed by atoms with E-state index in [0.717, 1.165) is 11.7 Å². The minimum atomic E-state index is -1.82. The Labute approximate surface area is 133 Å². The largest absolute Gasteiger partial charge is 0.473 e. The standard InChI is InChI=1S/C12H19N3S.C2H2O4/c1-8(2)11-13-12(16-14-11)10-7-15-5-3-9(10)4-6-15;3-1(4)2(5)6/h8-10H,3-7H2,1-2H3;(H,3,4)(H,5,6). The topological polar surface area (TPSA) is 104 Å². The molecule has 7 nitrogen and oxygen atoms in total. The zero-order valence-corrected chi connectivity index (χ0v) is 13.5. The van der Waals surface area contributed by atoms with Crippen molar-refractivity contribution in [2.45, 2.75) is 38.5 Å². The van der Waals surface area contributed by atoms with Crippen LogP contribution in [0.5, 0.6) is 0 Å². The fraction of sp³-hybridized carbons (Fsp3) is 0.714. The number of hydrogen-bond donors (Lipinski definition) is 2. The molecular formula is C14H21N3O4S. The van der Waals surface area contributed by atoms with Crippen molar-refractivity contribution in [1.82, 2.24) is 14.3 Å². The van der Waals surface area contributed by atoms with Gasteiger partial charge in [0.2, 0.25) is 0 Å². The lowest BCUT2D eigenvalue weighted by Gasteiger charge is -2.43. The van der Waals surface area contributed by atoms with Crippen LogP contribution in [-0.2, 0) is 9.59 Å². The number of rotatable bonds is 2. The van der Waals surface area contributed by atoms with Gasteiger partial charge in [-0.25, -0.2) is 14.6 Å². The van der Waals surface area contributed by atoms with Gasteiger partial charge in [0, 0.05) is 18.4 Å². The average Bonchev–Trinajstić information content (AvgIpc) is 2.99. The lowest BCUT2D eigenvalue weighted by atomic mass is 9.79. The molecule has 1 unspecified atom stereocenters. The molecule has 22 heavy (non-hydrogen) atoms. The number of carboxylic acid groups (broad SMARTS) is 2. The van der Waals surface area contributed by atoms with Gasteiger partial charge in [0.25, 0.3) is 0 Å². The first kappa shape index (κ1) is 16.8. The van der Waals surface area contributed by atoms with E-state index in [4.69, 9.17) is 24.8 Å². The lowest BCUT2D eigenvalue weighted by molar-refractivity contribution is -0.159. The van der Waals surface area contributed by atoms with Crippen LogP contribution < -0.4 is 0 Å². The monoisotopic (exact) mass is 327 g/mol. The van der Waals surface area contributed by atoms with Crippen molar-refractivity contribution in [3.05, 3.63) is 10.8 Å². The van der Waals surface area contributed by atoms with Gasteiger partial charge in [0.05, 0.1) is 0 Å². The van der Waals surface area contributed by atoms with Crippen molar-refractivity contribution in [3.63, 3.8) is 0 Å². The van der Waals surface area contributed by atoms with Gasteiger partial charge in [0.15, 0.2) is 0 Å².